The summed E-state index contributed by atoms with van der Waals surface area (Å²) >= 11 is 1.90. The van der Waals surface area contributed by atoms with E-state index in [2.05, 4.69) is 15.5 Å². The van der Waals surface area contributed by atoms with Gasteiger partial charge in [-0.3, -0.25) is 0 Å². The quantitative estimate of drug-likeness (QED) is 0.802. The average Bonchev–Trinajstić information content (AvgIpc) is 2.71. The first kappa shape index (κ1) is 10.2. The Bertz CT molecular complexity index is 349. The van der Waals surface area contributed by atoms with Crippen LogP contribution in [0.1, 0.15) is 16.9 Å². The number of thioether (sulfide) groups is 1. The smallest absolute Gasteiger partial charge is 0.356 e. The molecule has 0 saturated carbocycles. The molecule has 2 N–H and O–H groups in total. The van der Waals surface area contributed by atoms with Gasteiger partial charge in [-0.1, -0.05) is 0 Å². The molecular weight excluding hydrogens is 214 g/mol. The fraction of sp³-hybridized carbons (Fsp3) is 0.444. The van der Waals surface area contributed by atoms with Gasteiger partial charge < -0.3 is 10.4 Å². The van der Waals surface area contributed by atoms with Crippen molar-refractivity contribution >= 4 is 23.5 Å². The Kier molecular flexibility index (Phi) is 3.05. The van der Waals surface area contributed by atoms with Crippen LogP contribution in [0, 0.1) is 0 Å². The second kappa shape index (κ2) is 4.48. The Morgan fingerprint density at radius 1 is 1.53 bits per heavy atom. The van der Waals surface area contributed by atoms with Crippen molar-refractivity contribution < 1.29 is 9.90 Å². The second-order valence-corrected chi connectivity index (χ2v) is 4.46. The maximum absolute atomic E-state index is 10.5. The monoisotopic (exact) mass is 225 g/mol. The van der Waals surface area contributed by atoms with E-state index in [1.165, 1.54) is 6.07 Å². The molecule has 0 bridgehead atoms. The van der Waals surface area contributed by atoms with Crippen LogP contribution in [-0.2, 0) is 0 Å². The third-order valence-electron chi connectivity index (χ3n) is 2.17. The molecule has 0 spiro atoms. The van der Waals surface area contributed by atoms with Crippen molar-refractivity contribution in [2.24, 2.45) is 0 Å². The van der Waals surface area contributed by atoms with E-state index in [1.807, 2.05) is 11.8 Å². The number of nitrogens with one attached hydrogen (secondary N) is 1. The molecule has 1 aromatic rings. The number of hydrogen-bond donors (Lipinski definition) is 2. The van der Waals surface area contributed by atoms with Crippen LogP contribution in [0.3, 0.4) is 0 Å². The first-order valence-electron chi connectivity index (χ1n) is 4.67. The second-order valence-electron chi connectivity index (χ2n) is 3.31. The zero-order chi connectivity index (χ0) is 10.7. The number of nitrogens with zero attached hydrogens (tertiary/aromatic N) is 2. The van der Waals surface area contributed by atoms with E-state index in [9.17, 15) is 4.79 Å². The summed E-state index contributed by atoms with van der Waals surface area (Å²) in [5.74, 6) is 1.83. The molecule has 2 heterocycles. The zero-order valence-corrected chi connectivity index (χ0v) is 8.83. The van der Waals surface area contributed by atoms with Crippen molar-refractivity contribution in [3.8, 4) is 0 Å². The van der Waals surface area contributed by atoms with Gasteiger partial charge in [0.05, 0.1) is 0 Å². The Balaban J connectivity index is 2.00. The summed E-state index contributed by atoms with van der Waals surface area (Å²) in [6.45, 7) is 0. The van der Waals surface area contributed by atoms with Crippen LogP contribution in [-0.4, -0.2) is 38.8 Å². The highest BCUT2D eigenvalue weighted by Gasteiger charge is 2.15. The third kappa shape index (κ3) is 2.59. The van der Waals surface area contributed by atoms with Crippen molar-refractivity contribution in [2.45, 2.75) is 12.5 Å². The molecule has 0 amide bonds. The van der Waals surface area contributed by atoms with E-state index in [0.29, 0.717) is 11.9 Å². The number of rotatable bonds is 3. The summed E-state index contributed by atoms with van der Waals surface area (Å²) < 4.78 is 0. The van der Waals surface area contributed by atoms with Crippen LogP contribution in [0.15, 0.2) is 12.1 Å². The summed E-state index contributed by atoms with van der Waals surface area (Å²) in [6.07, 6.45) is 1.12. The van der Waals surface area contributed by atoms with Crippen LogP contribution in [0.4, 0.5) is 5.82 Å². The van der Waals surface area contributed by atoms with E-state index in [-0.39, 0.29) is 5.69 Å². The molecular formula is C9H11N3O2S. The predicted molar refractivity (Wildman–Crippen MR) is 58.3 cm³/mol. The lowest BCUT2D eigenvalue weighted by Gasteiger charge is -2.10. The minimum atomic E-state index is -1.05. The van der Waals surface area contributed by atoms with Crippen molar-refractivity contribution in [1.82, 2.24) is 10.2 Å². The number of hydrogen-bond acceptors (Lipinski definition) is 5. The molecule has 0 aromatic carbocycles. The summed E-state index contributed by atoms with van der Waals surface area (Å²) in [4.78, 5) is 10.5. The molecule has 0 aliphatic carbocycles. The van der Waals surface area contributed by atoms with Crippen molar-refractivity contribution in [3.63, 3.8) is 0 Å². The van der Waals surface area contributed by atoms with Crippen LogP contribution in [0.5, 0.6) is 0 Å². The van der Waals surface area contributed by atoms with Crippen molar-refractivity contribution in [1.29, 1.82) is 0 Å². The number of aromatic carboxylic acids is 1. The summed E-state index contributed by atoms with van der Waals surface area (Å²) in [6, 6.07) is 3.54. The molecule has 1 atom stereocenters. The van der Waals surface area contributed by atoms with Crippen LogP contribution in [0.2, 0.25) is 0 Å². The Morgan fingerprint density at radius 3 is 2.93 bits per heavy atom. The highest BCUT2D eigenvalue weighted by atomic mass is 32.2. The molecule has 1 aliphatic rings. The highest BCUT2D eigenvalue weighted by molar-refractivity contribution is 7.99. The number of carboxylic acid groups (broad SMARTS) is 1. The zero-order valence-electron chi connectivity index (χ0n) is 8.01. The van der Waals surface area contributed by atoms with Gasteiger partial charge in [-0.25, -0.2) is 4.79 Å². The lowest BCUT2D eigenvalue weighted by molar-refractivity contribution is 0.0689. The molecule has 1 fully saturated rings. The summed E-state index contributed by atoms with van der Waals surface area (Å²) in [5, 5.41) is 19.3. The first-order chi connectivity index (χ1) is 7.25. The Morgan fingerprint density at radius 2 is 2.40 bits per heavy atom. The number of carbonyl (C=O) groups is 1. The van der Waals surface area contributed by atoms with E-state index in [1.54, 1.807) is 6.07 Å². The fourth-order valence-electron chi connectivity index (χ4n) is 1.38. The van der Waals surface area contributed by atoms with Gasteiger partial charge in [-0.05, 0) is 24.3 Å². The minimum Gasteiger partial charge on any atom is -0.476 e. The normalized spacial score (nSPS) is 20.1. The Labute approximate surface area is 91.3 Å². The first-order valence-corrected chi connectivity index (χ1v) is 5.82. The SMILES string of the molecule is O=C(O)c1ccc(NC2CCSC2)nn1. The van der Waals surface area contributed by atoms with Crippen molar-refractivity contribution in [3.05, 3.63) is 17.8 Å². The van der Waals surface area contributed by atoms with Crippen LogP contribution >= 0.6 is 11.8 Å². The predicted octanol–water partition coefficient (Wildman–Crippen LogP) is 1.09. The van der Waals surface area contributed by atoms with E-state index in [4.69, 9.17) is 5.11 Å². The minimum absolute atomic E-state index is 0.0265. The van der Waals surface area contributed by atoms with Crippen LogP contribution < -0.4 is 5.32 Å². The van der Waals surface area contributed by atoms with Gasteiger partial charge in [0.25, 0.3) is 0 Å². The van der Waals surface area contributed by atoms with Gasteiger partial charge in [0.2, 0.25) is 0 Å². The highest BCUT2D eigenvalue weighted by Crippen LogP contribution is 2.20. The lowest BCUT2D eigenvalue weighted by atomic mass is 10.2. The number of aromatic nitrogens is 2. The largest absolute Gasteiger partial charge is 0.476 e. The van der Waals surface area contributed by atoms with Gasteiger partial charge in [0.1, 0.15) is 5.82 Å². The standard InChI is InChI=1S/C9H11N3O2S/c13-9(14)7-1-2-8(12-11-7)10-6-3-4-15-5-6/h1-2,6H,3-5H2,(H,10,12)(H,13,14). The van der Waals surface area contributed by atoms with Gasteiger partial charge >= 0.3 is 5.97 Å². The third-order valence-corrected chi connectivity index (χ3v) is 3.33. The molecule has 15 heavy (non-hydrogen) atoms. The maximum Gasteiger partial charge on any atom is 0.356 e. The van der Waals surface area contributed by atoms with E-state index in [0.717, 1.165) is 17.9 Å². The molecule has 80 valence electrons. The molecule has 1 aliphatic heterocycles. The topological polar surface area (TPSA) is 75.1 Å². The van der Waals surface area contributed by atoms with Gasteiger partial charge in [0.15, 0.2) is 5.69 Å². The molecule has 1 saturated heterocycles. The lowest BCUT2D eigenvalue weighted by Crippen LogP contribution is -2.19. The molecule has 5 nitrogen and oxygen atoms in total. The molecule has 1 unspecified atom stereocenters. The summed E-state index contributed by atoms with van der Waals surface area (Å²) in [7, 11) is 0. The van der Waals surface area contributed by atoms with Crippen LogP contribution in [0.25, 0.3) is 0 Å². The average molecular weight is 225 g/mol. The van der Waals surface area contributed by atoms with Gasteiger partial charge in [0, 0.05) is 11.8 Å². The number of anilines is 1. The maximum atomic E-state index is 10.5. The number of carboxylic acids is 1. The molecule has 6 heteroatoms. The summed E-state index contributed by atoms with van der Waals surface area (Å²) in [5.41, 5.74) is -0.0265. The molecule has 0 radical (unpaired) electrons. The van der Waals surface area contributed by atoms with Gasteiger partial charge in [-0.2, -0.15) is 11.8 Å². The van der Waals surface area contributed by atoms with E-state index >= 15 is 0 Å². The van der Waals surface area contributed by atoms with E-state index < -0.39 is 5.97 Å². The molecule has 2 rings (SSSR count). The van der Waals surface area contributed by atoms with Crippen molar-refractivity contribution in [2.75, 3.05) is 16.8 Å². The molecule has 1 aromatic heterocycles. The Hall–Kier alpha value is -1.30. The fourth-order valence-corrected chi connectivity index (χ4v) is 2.53. The van der Waals surface area contributed by atoms with Gasteiger partial charge in [-0.15, -0.1) is 10.2 Å².